The van der Waals surface area contributed by atoms with Gasteiger partial charge in [-0.25, -0.2) is 4.39 Å². The van der Waals surface area contributed by atoms with Crippen LogP contribution in [-0.4, -0.2) is 86.9 Å². The normalized spacial score (nSPS) is 18.2. The predicted molar refractivity (Wildman–Crippen MR) is 162 cm³/mol. The van der Waals surface area contributed by atoms with Gasteiger partial charge in [0.15, 0.2) is 11.6 Å². The molecule has 2 unspecified atom stereocenters. The van der Waals surface area contributed by atoms with E-state index in [2.05, 4.69) is 27.5 Å². The lowest BCUT2D eigenvalue weighted by molar-refractivity contribution is 0.0177. The first-order valence-corrected chi connectivity index (χ1v) is 15.4. The van der Waals surface area contributed by atoms with Crippen molar-refractivity contribution in [3.63, 3.8) is 0 Å². The Morgan fingerprint density at radius 3 is 2.45 bits per heavy atom. The van der Waals surface area contributed by atoms with Gasteiger partial charge in [0.05, 0.1) is 39.1 Å². The SMILES string of the molecule is CCC(C1CCCN1)N(c1ccc(OCCOCCOCCOC)c(F)c1)c1nc(N)nc(NCC2CCCCC2)n1. The summed E-state index contributed by atoms with van der Waals surface area (Å²) in [6, 6.07) is 5.17. The van der Waals surface area contributed by atoms with Gasteiger partial charge >= 0.3 is 0 Å². The highest BCUT2D eigenvalue weighted by Crippen LogP contribution is 2.33. The second-order valence-corrected chi connectivity index (χ2v) is 10.9. The zero-order valence-corrected chi connectivity index (χ0v) is 25.2. The van der Waals surface area contributed by atoms with Crippen molar-refractivity contribution >= 4 is 23.5 Å². The highest BCUT2D eigenvalue weighted by Gasteiger charge is 2.32. The first-order chi connectivity index (χ1) is 20.6. The van der Waals surface area contributed by atoms with Crippen LogP contribution in [0.2, 0.25) is 0 Å². The van der Waals surface area contributed by atoms with E-state index in [0.717, 1.165) is 32.4 Å². The van der Waals surface area contributed by atoms with Gasteiger partial charge in [0, 0.05) is 31.5 Å². The van der Waals surface area contributed by atoms with Crippen LogP contribution < -0.4 is 26.0 Å². The average molecular weight is 590 g/mol. The Bertz CT molecular complexity index is 1070. The highest BCUT2D eigenvalue weighted by atomic mass is 19.1. The van der Waals surface area contributed by atoms with E-state index in [0.29, 0.717) is 56.5 Å². The molecule has 1 saturated carbocycles. The number of halogens is 1. The third-order valence-electron chi connectivity index (χ3n) is 7.93. The maximum absolute atomic E-state index is 15.4. The molecule has 4 N–H and O–H groups in total. The molecule has 1 saturated heterocycles. The molecule has 12 heteroatoms. The Morgan fingerprint density at radius 1 is 1.00 bits per heavy atom. The van der Waals surface area contributed by atoms with Gasteiger partial charge in [0.2, 0.25) is 17.8 Å². The topological polar surface area (TPSA) is 129 Å². The van der Waals surface area contributed by atoms with Crippen LogP contribution in [0.5, 0.6) is 5.75 Å². The maximum atomic E-state index is 15.4. The van der Waals surface area contributed by atoms with Crippen LogP contribution in [0.15, 0.2) is 18.2 Å². The number of aromatic nitrogens is 3. The first-order valence-electron chi connectivity index (χ1n) is 15.4. The van der Waals surface area contributed by atoms with Crippen LogP contribution in [0.25, 0.3) is 0 Å². The van der Waals surface area contributed by atoms with Gasteiger partial charge in [-0.05, 0) is 56.7 Å². The van der Waals surface area contributed by atoms with E-state index < -0.39 is 5.82 Å². The third kappa shape index (κ3) is 9.62. The van der Waals surface area contributed by atoms with Gasteiger partial charge in [0.25, 0.3) is 0 Å². The van der Waals surface area contributed by atoms with E-state index >= 15 is 4.39 Å². The molecule has 2 aromatic rings. The zero-order valence-electron chi connectivity index (χ0n) is 25.2. The standard InChI is InChI=1S/C30H48FN7O4/c1-3-26(25-10-7-13-33-25)38(30-36-28(32)35-29(37-30)34-21-22-8-5-4-6-9-22)23-11-12-27(24(31)20-23)42-19-18-41-17-16-40-15-14-39-2/h11-12,20,22,25-26,33H,3-10,13-19,21H2,1-2H3,(H3,32,34,35,36,37). The summed E-state index contributed by atoms with van der Waals surface area (Å²) in [7, 11) is 1.63. The molecule has 1 aliphatic carbocycles. The van der Waals surface area contributed by atoms with Crippen molar-refractivity contribution in [3.05, 3.63) is 24.0 Å². The Labute approximate surface area is 249 Å². The van der Waals surface area contributed by atoms with Gasteiger partial charge < -0.3 is 40.2 Å². The Hall–Kier alpha value is -2.80. The summed E-state index contributed by atoms with van der Waals surface area (Å²) in [5.74, 6) is 1.29. The number of anilines is 4. The number of nitrogens with two attached hydrogens (primary N) is 1. The van der Waals surface area contributed by atoms with Gasteiger partial charge in [-0.3, -0.25) is 0 Å². The smallest absolute Gasteiger partial charge is 0.236 e. The maximum Gasteiger partial charge on any atom is 0.236 e. The minimum atomic E-state index is -0.465. The number of rotatable bonds is 18. The number of nitrogens with zero attached hydrogens (tertiary/aromatic N) is 4. The molecule has 0 amide bonds. The molecule has 1 aromatic carbocycles. The number of nitrogens with one attached hydrogen (secondary N) is 2. The minimum Gasteiger partial charge on any atom is -0.488 e. The van der Waals surface area contributed by atoms with Gasteiger partial charge in [-0.15, -0.1) is 0 Å². The van der Waals surface area contributed by atoms with Crippen LogP contribution in [-0.2, 0) is 14.2 Å². The first kappa shape index (κ1) is 32.1. The number of hydrogen-bond donors (Lipinski definition) is 3. The largest absolute Gasteiger partial charge is 0.488 e. The number of ether oxygens (including phenoxy) is 4. The van der Waals surface area contributed by atoms with Crippen molar-refractivity contribution in [2.45, 2.75) is 70.4 Å². The Balaban J connectivity index is 1.46. The molecule has 2 fully saturated rings. The van der Waals surface area contributed by atoms with Crippen LogP contribution in [0.3, 0.4) is 0 Å². The number of hydrogen-bond acceptors (Lipinski definition) is 11. The predicted octanol–water partition coefficient (Wildman–Crippen LogP) is 4.31. The fourth-order valence-electron chi connectivity index (χ4n) is 5.77. The van der Waals surface area contributed by atoms with Crippen LogP contribution >= 0.6 is 0 Å². The van der Waals surface area contributed by atoms with Gasteiger partial charge in [0.1, 0.15) is 6.61 Å². The van der Waals surface area contributed by atoms with E-state index in [4.69, 9.17) is 29.7 Å². The molecule has 0 radical (unpaired) electrons. The minimum absolute atomic E-state index is 0.00818. The van der Waals surface area contributed by atoms with Gasteiger partial charge in [-0.2, -0.15) is 15.0 Å². The summed E-state index contributed by atoms with van der Waals surface area (Å²) < 4.78 is 36.9. The summed E-state index contributed by atoms with van der Waals surface area (Å²) in [5, 5.41) is 7.00. The highest BCUT2D eigenvalue weighted by molar-refractivity contribution is 5.62. The molecule has 0 bridgehead atoms. The average Bonchev–Trinajstić information content (AvgIpc) is 3.53. The molecule has 2 aliphatic rings. The second kappa shape index (κ2) is 17.3. The van der Waals surface area contributed by atoms with Crippen LogP contribution in [0, 0.1) is 11.7 Å². The fourth-order valence-corrected chi connectivity index (χ4v) is 5.77. The molecule has 4 rings (SSSR count). The number of methoxy groups -OCH3 is 1. The molecule has 234 valence electrons. The fraction of sp³-hybridized carbons (Fsp3) is 0.700. The number of nitrogen functional groups attached to an aromatic ring is 1. The molecule has 11 nitrogen and oxygen atoms in total. The van der Waals surface area contributed by atoms with Crippen molar-refractivity contribution in [2.75, 3.05) is 75.8 Å². The zero-order chi connectivity index (χ0) is 29.6. The lowest BCUT2D eigenvalue weighted by atomic mass is 9.89. The second-order valence-electron chi connectivity index (χ2n) is 10.9. The van der Waals surface area contributed by atoms with Crippen molar-refractivity contribution in [1.29, 1.82) is 0 Å². The summed E-state index contributed by atoms with van der Waals surface area (Å²) in [5.41, 5.74) is 6.82. The Kier molecular flexibility index (Phi) is 13.3. The summed E-state index contributed by atoms with van der Waals surface area (Å²) in [6.45, 7) is 6.40. The monoisotopic (exact) mass is 589 g/mol. The molecule has 42 heavy (non-hydrogen) atoms. The summed E-state index contributed by atoms with van der Waals surface area (Å²) >= 11 is 0. The van der Waals surface area contributed by atoms with E-state index in [1.54, 1.807) is 13.2 Å². The van der Waals surface area contributed by atoms with E-state index in [1.165, 1.54) is 38.2 Å². The van der Waals surface area contributed by atoms with E-state index in [-0.39, 0.29) is 30.4 Å². The molecule has 0 spiro atoms. The summed E-state index contributed by atoms with van der Waals surface area (Å²) in [6.07, 6.45) is 9.16. The summed E-state index contributed by atoms with van der Waals surface area (Å²) in [4.78, 5) is 15.7. The lowest BCUT2D eigenvalue weighted by Crippen LogP contribution is -2.46. The Morgan fingerprint density at radius 2 is 1.76 bits per heavy atom. The molecule has 1 aliphatic heterocycles. The van der Waals surface area contributed by atoms with E-state index in [1.807, 2.05) is 11.0 Å². The van der Waals surface area contributed by atoms with Crippen LogP contribution in [0.4, 0.5) is 27.9 Å². The van der Waals surface area contributed by atoms with Crippen molar-refractivity contribution < 1.29 is 23.3 Å². The molecule has 2 heterocycles. The van der Waals surface area contributed by atoms with E-state index in [9.17, 15) is 0 Å². The quantitative estimate of drug-likeness (QED) is 0.215. The van der Waals surface area contributed by atoms with Crippen molar-refractivity contribution in [3.8, 4) is 5.75 Å². The molecule has 2 atom stereocenters. The van der Waals surface area contributed by atoms with Crippen LogP contribution in [0.1, 0.15) is 58.3 Å². The third-order valence-corrected chi connectivity index (χ3v) is 7.93. The number of benzene rings is 1. The van der Waals surface area contributed by atoms with Gasteiger partial charge in [-0.1, -0.05) is 26.2 Å². The molecule has 1 aromatic heterocycles. The lowest BCUT2D eigenvalue weighted by Gasteiger charge is -2.35. The molecular formula is C30H48FN7O4. The van der Waals surface area contributed by atoms with Crippen molar-refractivity contribution in [2.24, 2.45) is 5.92 Å². The van der Waals surface area contributed by atoms with Crippen molar-refractivity contribution in [1.82, 2.24) is 20.3 Å². The molecular weight excluding hydrogens is 541 g/mol.